The van der Waals surface area contributed by atoms with E-state index >= 15 is 0 Å². The van der Waals surface area contributed by atoms with Gasteiger partial charge in [0.1, 0.15) is 0 Å². The molecule has 1 amide bonds. The summed E-state index contributed by atoms with van der Waals surface area (Å²) in [7, 11) is 0. The van der Waals surface area contributed by atoms with Gasteiger partial charge < -0.3 is 14.2 Å². The molecule has 7 heteroatoms. The molecule has 1 aliphatic heterocycles. The van der Waals surface area contributed by atoms with Gasteiger partial charge >= 0.3 is 0 Å². The number of ether oxygens (including phenoxy) is 1. The number of morpholine rings is 1. The minimum atomic E-state index is -0.0727. The monoisotopic (exact) mass is 289 g/mol. The van der Waals surface area contributed by atoms with E-state index in [9.17, 15) is 4.79 Å². The molecule has 1 saturated heterocycles. The zero-order valence-corrected chi connectivity index (χ0v) is 12.0. The number of hydrogen-bond acceptors (Lipinski definition) is 4. The molecule has 2 aromatic rings. The summed E-state index contributed by atoms with van der Waals surface area (Å²) in [6.45, 7) is 4.35. The van der Waals surface area contributed by atoms with E-state index in [2.05, 4.69) is 15.2 Å². The topological polar surface area (TPSA) is 76.0 Å². The Balaban J connectivity index is 1.69. The number of aromatic nitrogens is 4. The number of hydrogen-bond donors (Lipinski definition) is 1. The molecule has 0 unspecified atom stereocenters. The summed E-state index contributed by atoms with van der Waals surface area (Å²) in [5.74, 6) is 0.131. The van der Waals surface area contributed by atoms with E-state index in [4.69, 9.17) is 4.74 Å². The number of aromatic amines is 1. The third-order valence-corrected chi connectivity index (χ3v) is 3.79. The van der Waals surface area contributed by atoms with Crippen molar-refractivity contribution in [2.45, 2.75) is 25.9 Å². The third kappa shape index (κ3) is 2.97. The van der Waals surface area contributed by atoms with Gasteiger partial charge in [0.15, 0.2) is 0 Å². The second-order valence-corrected chi connectivity index (χ2v) is 5.20. The Hall–Kier alpha value is -2.15. The van der Waals surface area contributed by atoms with Crippen LogP contribution >= 0.6 is 0 Å². The van der Waals surface area contributed by atoms with E-state index in [0.717, 1.165) is 11.3 Å². The van der Waals surface area contributed by atoms with Gasteiger partial charge in [0.2, 0.25) is 5.91 Å². The van der Waals surface area contributed by atoms with E-state index in [1.54, 1.807) is 18.7 Å². The Bertz CT molecular complexity index is 592. The number of carbonyl (C=O) groups excluding carboxylic acids is 1. The molecule has 112 valence electrons. The number of aryl methyl sites for hydroxylation is 2. The minimum Gasteiger partial charge on any atom is -0.377 e. The number of H-pyrrole nitrogens is 1. The number of nitrogens with zero attached hydrogens (tertiary/aromatic N) is 4. The first-order valence-corrected chi connectivity index (χ1v) is 7.08. The lowest BCUT2D eigenvalue weighted by Gasteiger charge is -2.35. The first kappa shape index (κ1) is 13.8. The summed E-state index contributed by atoms with van der Waals surface area (Å²) in [5, 5.41) is 7.04. The maximum Gasteiger partial charge on any atom is 0.225 e. The summed E-state index contributed by atoms with van der Waals surface area (Å²) in [5.41, 5.74) is 2.02. The molecular formula is C14H19N5O2. The molecule has 0 aliphatic carbocycles. The minimum absolute atomic E-state index is 0.0727. The average molecular weight is 289 g/mol. The number of carbonyl (C=O) groups is 1. The lowest BCUT2D eigenvalue weighted by Crippen LogP contribution is -2.44. The number of amides is 1. The van der Waals surface area contributed by atoms with Crippen LogP contribution in [0, 0.1) is 6.92 Å². The molecule has 21 heavy (non-hydrogen) atoms. The molecule has 1 atom stereocenters. The van der Waals surface area contributed by atoms with Crippen molar-refractivity contribution in [1.29, 1.82) is 0 Å². The van der Waals surface area contributed by atoms with Gasteiger partial charge in [0, 0.05) is 31.9 Å². The van der Waals surface area contributed by atoms with Gasteiger partial charge in [-0.05, 0) is 12.5 Å². The SMILES string of the molecule is Cc1cn[nH]c1[C@H]1COCCN1C(=O)CCn1ccnc1. The molecule has 3 heterocycles. The molecular weight excluding hydrogens is 270 g/mol. The fourth-order valence-corrected chi connectivity index (χ4v) is 2.62. The van der Waals surface area contributed by atoms with Gasteiger partial charge in [-0.15, -0.1) is 0 Å². The zero-order chi connectivity index (χ0) is 14.7. The van der Waals surface area contributed by atoms with E-state index in [0.29, 0.717) is 32.7 Å². The standard InChI is InChI=1S/C14H19N5O2/c1-11-8-16-17-14(11)12-9-21-7-6-19(12)13(20)2-4-18-5-3-15-10-18/h3,5,8,10,12H,2,4,6-7,9H2,1H3,(H,16,17)/t12-/m1/s1. The lowest BCUT2D eigenvalue weighted by atomic mass is 10.1. The first-order chi connectivity index (χ1) is 10.3. The van der Waals surface area contributed by atoms with Crippen LogP contribution in [0.25, 0.3) is 0 Å². The van der Waals surface area contributed by atoms with Gasteiger partial charge in [-0.25, -0.2) is 4.98 Å². The maximum atomic E-state index is 12.5. The second kappa shape index (κ2) is 6.09. The highest BCUT2D eigenvalue weighted by atomic mass is 16.5. The van der Waals surface area contributed by atoms with Crippen molar-refractivity contribution in [1.82, 2.24) is 24.6 Å². The summed E-state index contributed by atoms with van der Waals surface area (Å²) in [4.78, 5) is 18.4. The Kier molecular flexibility index (Phi) is 4.01. The highest BCUT2D eigenvalue weighted by Gasteiger charge is 2.30. The Morgan fingerprint density at radius 1 is 1.57 bits per heavy atom. The molecule has 3 rings (SSSR count). The zero-order valence-electron chi connectivity index (χ0n) is 12.0. The van der Waals surface area contributed by atoms with Crippen molar-refractivity contribution in [2.24, 2.45) is 0 Å². The van der Waals surface area contributed by atoms with Crippen LogP contribution in [-0.4, -0.2) is 50.3 Å². The smallest absolute Gasteiger partial charge is 0.225 e. The molecule has 0 saturated carbocycles. The van der Waals surface area contributed by atoms with E-state index in [-0.39, 0.29) is 11.9 Å². The third-order valence-electron chi connectivity index (χ3n) is 3.79. The Morgan fingerprint density at radius 2 is 2.48 bits per heavy atom. The van der Waals surface area contributed by atoms with Gasteiger partial charge in [-0.3, -0.25) is 9.89 Å². The average Bonchev–Trinajstić information content (AvgIpc) is 3.16. The lowest BCUT2D eigenvalue weighted by molar-refractivity contribution is -0.140. The number of imidazole rings is 1. The number of rotatable bonds is 4. The molecule has 1 N–H and O–H groups in total. The summed E-state index contributed by atoms with van der Waals surface area (Å²) >= 11 is 0. The van der Waals surface area contributed by atoms with Crippen LogP contribution in [0.15, 0.2) is 24.9 Å². The van der Waals surface area contributed by atoms with Crippen molar-refractivity contribution >= 4 is 5.91 Å². The summed E-state index contributed by atoms with van der Waals surface area (Å²) in [6, 6.07) is -0.0727. The van der Waals surface area contributed by atoms with Gasteiger partial charge in [0.25, 0.3) is 0 Å². The van der Waals surface area contributed by atoms with Crippen LogP contribution in [-0.2, 0) is 16.1 Å². The largest absolute Gasteiger partial charge is 0.377 e. The van der Waals surface area contributed by atoms with Crippen LogP contribution in [0.2, 0.25) is 0 Å². The van der Waals surface area contributed by atoms with Gasteiger partial charge in [-0.1, -0.05) is 0 Å². The molecule has 0 aromatic carbocycles. The summed E-state index contributed by atoms with van der Waals surface area (Å²) in [6.07, 6.45) is 7.54. The molecule has 0 spiro atoms. The van der Waals surface area contributed by atoms with Crippen LogP contribution in [0.5, 0.6) is 0 Å². The van der Waals surface area contributed by atoms with E-state index in [1.807, 2.05) is 22.6 Å². The maximum absolute atomic E-state index is 12.5. The van der Waals surface area contributed by atoms with Crippen LogP contribution < -0.4 is 0 Å². The normalized spacial score (nSPS) is 18.9. The van der Waals surface area contributed by atoms with Crippen LogP contribution in [0.4, 0.5) is 0 Å². The fourth-order valence-electron chi connectivity index (χ4n) is 2.62. The van der Waals surface area contributed by atoms with Crippen LogP contribution in [0.1, 0.15) is 23.7 Å². The molecule has 0 bridgehead atoms. The van der Waals surface area contributed by atoms with Crippen molar-refractivity contribution in [3.8, 4) is 0 Å². The van der Waals surface area contributed by atoms with Crippen molar-refractivity contribution in [3.05, 3.63) is 36.2 Å². The quantitative estimate of drug-likeness (QED) is 0.907. The Morgan fingerprint density at radius 3 is 3.19 bits per heavy atom. The van der Waals surface area contributed by atoms with Crippen molar-refractivity contribution in [3.63, 3.8) is 0 Å². The molecule has 1 aliphatic rings. The predicted octanol–water partition coefficient (Wildman–Crippen LogP) is 0.905. The highest BCUT2D eigenvalue weighted by molar-refractivity contribution is 5.76. The molecule has 2 aromatic heterocycles. The van der Waals surface area contributed by atoms with Gasteiger partial charge in [-0.2, -0.15) is 5.10 Å². The van der Waals surface area contributed by atoms with Crippen LogP contribution in [0.3, 0.4) is 0 Å². The van der Waals surface area contributed by atoms with Crippen molar-refractivity contribution in [2.75, 3.05) is 19.8 Å². The second-order valence-electron chi connectivity index (χ2n) is 5.20. The fraction of sp³-hybridized carbons (Fsp3) is 0.500. The van der Waals surface area contributed by atoms with Crippen molar-refractivity contribution < 1.29 is 9.53 Å². The predicted molar refractivity (Wildman–Crippen MR) is 75.4 cm³/mol. The summed E-state index contributed by atoms with van der Waals surface area (Å²) < 4.78 is 7.45. The Labute approximate surface area is 122 Å². The molecule has 1 fully saturated rings. The van der Waals surface area contributed by atoms with Gasteiger partial charge in [0.05, 0.1) is 37.5 Å². The molecule has 7 nitrogen and oxygen atoms in total. The van der Waals surface area contributed by atoms with E-state index < -0.39 is 0 Å². The molecule has 0 radical (unpaired) electrons. The highest BCUT2D eigenvalue weighted by Crippen LogP contribution is 2.25. The van der Waals surface area contributed by atoms with E-state index in [1.165, 1.54) is 0 Å². The number of nitrogens with one attached hydrogen (secondary N) is 1. The first-order valence-electron chi connectivity index (χ1n) is 7.08.